The maximum absolute atomic E-state index is 12.9. The van der Waals surface area contributed by atoms with Gasteiger partial charge in [0.2, 0.25) is 12.5 Å². The second-order valence-electron chi connectivity index (χ2n) is 7.00. The number of ether oxygens (including phenoxy) is 3. The van der Waals surface area contributed by atoms with Crippen LogP contribution >= 0.6 is 0 Å². The Labute approximate surface area is 160 Å². The summed E-state index contributed by atoms with van der Waals surface area (Å²) in [6.07, 6.45) is 0.759. The van der Waals surface area contributed by atoms with E-state index in [0.717, 1.165) is 17.5 Å². The molecule has 2 aromatic carbocycles. The summed E-state index contributed by atoms with van der Waals surface area (Å²) in [5.41, 5.74) is 1.76. The van der Waals surface area contributed by atoms with E-state index in [4.69, 9.17) is 18.6 Å². The summed E-state index contributed by atoms with van der Waals surface area (Å²) in [6.45, 7) is 0.824. The molecule has 0 aliphatic carbocycles. The second kappa shape index (κ2) is 6.17. The first-order chi connectivity index (χ1) is 13.6. The fourth-order valence-electron chi connectivity index (χ4n) is 4.19. The molecule has 3 heterocycles. The van der Waals surface area contributed by atoms with E-state index < -0.39 is 11.7 Å². The molecule has 144 valence electrons. The molecule has 1 N–H and O–H groups in total. The van der Waals surface area contributed by atoms with Crippen LogP contribution in [0.25, 0.3) is 11.0 Å². The van der Waals surface area contributed by atoms with Crippen molar-refractivity contribution in [3.63, 3.8) is 0 Å². The molecule has 7 nitrogen and oxygen atoms in total. The molecule has 2 aliphatic heterocycles. The van der Waals surface area contributed by atoms with Gasteiger partial charge in [-0.2, -0.15) is 0 Å². The third-order valence-electron chi connectivity index (χ3n) is 5.49. The van der Waals surface area contributed by atoms with Crippen molar-refractivity contribution < 1.29 is 23.7 Å². The molecular weight excluding hydrogens is 362 g/mol. The Balaban J connectivity index is 1.82. The van der Waals surface area contributed by atoms with Gasteiger partial charge in [0.15, 0.2) is 11.5 Å². The summed E-state index contributed by atoms with van der Waals surface area (Å²) in [7, 11) is 3.47. The lowest BCUT2D eigenvalue weighted by Crippen LogP contribution is -2.35. The van der Waals surface area contributed by atoms with Crippen LogP contribution in [0.1, 0.15) is 22.7 Å². The van der Waals surface area contributed by atoms with Gasteiger partial charge in [-0.05, 0) is 37.2 Å². The first-order valence-corrected chi connectivity index (χ1v) is 9.04. The Morgan fingerprint density at radius 2 is 2.04 bits per heavy atom. The minimum absolute atomic E-state index is 0.0729. The number of fused-ring (bicyclic) bond motifs is 3. The van der Waals surface area contributed by atoms with Crippen molar-refractivity contribution in [2.75, 3.05) is 27.5 Å². The maximum Gasteiger partial charge on any atom is 0.345 e. The van der Waals surface area contributed by atoms with Gasteiger partial charge in [-0.15, -0.1) is 0 Å². The van der Waals surface area contributed by atoms with Crippen LogP contribution < -0.4 is 19.8 Å². The highest BCUT2D eigenvalue weighted by molar-refractivity contribution is 5.84. The molecule has 0 unspecified atom stereocenters. The van der Waals surface area contributed by atoms with Crippen molar-refractivity contribution in [2.24, 2.45) is 0 Å². The van der Waals surface area contributed by atoms with Gasteiger partial charge in [0, 0.05) is 12.1 Å². The Bertz CT molecular complexity index is 1150. The number of nitrogens with zero attached hydrogens (tertiary/aromatic N) is 1. The average Bonchev–Trinajstić information content (AvgIpc) is 3.16. The number of hydrogen-bond donors (Lipinski definition) is 1. The van der Waals surface area contributed by atoms with Gasteiger partial charge in [0.05, 0.1) is 18.5 Å². The van der Waals surface area contributed by atoms with E-state index in [1.807, 2.05) is 18.0 Å². The molecule has 1 aromatic heterocycles. The van der Waals surface area contributed by atoms with Crippen molar-refractivity contribution in [1.82, 2.24) is 4.90 Å². The standard InChI is InChI=1S/C21H19NO6/c1-22-8-7-11-9-14-19(27-10-26-14)20(25-2)15(11)17(22)16-18(23)12-5-3-4-6-13(12)28-21(16)24/h3-6,9,17,23H,7-8,10H2,1-2H3/t17-/m1/s1. The van der Waals surface area contributed by atoms with Crippen molar-refractivity contribution in [2.45, 2.75) is 12.5 Å². The van der Waals surface area contributed by atoms with Gasteiger partial charge >= 0.3 is 5.63 Å². The Kier molecular flexibility index (Phi) is 3.73. The van der Waals surface area contributed by atoms with E-state index in [1.54, 1.807) is 31.4 Å². The van der Waals surface area contributed by atoms with Gasteiger partial charge in [-0.1, -0.05) is 12.1 Å². The minimum atomic E-state index is -0.569. The summed E-state index contributed by atoms with van der Waals surface area (Å²) < 4.78 is 22.3. The summed E-state index contributed by atoms with van der Waals surface area (Å²) in [5.74, 6) is 1.60. The summed E-state index contributed by atoms with van der Waals surface area (Å²) in [6, 6.07) is 8.35. The van der Waals surface area contributed by atoms with E-state index in [-0.39, 0.29) is 18.1 Å². The molecular formula is C21H19NO6. The highest BCUT2D eigenvalue weighted by Gasteiger charge is 2.38. The number of hydrogen-bond acceptors (Lipinski definition) is 7. The van der Waals surface area contributed by atoms with E-state index in [2.05, 4.69) is 0 Å². The van der Waals surface area contributed by atoms with Crippen LogP contribution in [0.5, 0.6) is 23.0 Å². The Morgan fingerprint density at radius 3 is 2.86 bits per heavy atom. The van der Waals surface area contributed by atoms with Crippen molar-refractivity contribution in [1.29, 1.82) is 0 Å². The topological polar surface area (TPSA) is 81.4 Å². The van der Waals surface area contributed by atoms with Crippen LogP contribution in [-0.4, -0.2) is 37.5 Å². The molecule has 0 spiro atoms. The molecule has 0 radical (unpaired) electrons. The zero-order chi connectivity index (χ0) is 19.4. The van der Waals surface area contributed by atoms with E-state index in [1.165, 1.54) is 0 Å². The summed E-state index contributed by atoms with van der Waals surface area (Å²) >= 11 is 0. The van der Waals surface area contributed by atoms with Gasteiger partial charge in [0.25, 0.3) is 0 Å². The molecule has 3 aromatic rings. The number of benzene rings is 2. The Morgan fingerprint density at radius 1 is 1.21 bits per heavy atom. The number of likely N-dealkylation sites (N-methyl/N-ethyl adjacent to an activating group) is 1. The molecule has 2 aliphatic rings. The fraction of sp³-hybridized carbons (Fsp3) is 0.286. The fourth-order valence-corrected chi connectivity index (χ4v) is 4.19. The average molecular weight is 381 g/mol. The molecule has 0 fully saturated rings. The van der Waals surface area contributed by atoms with Crippen LogP contribution in [0.3, 0.4) is 0 Å². The van der Waals surface area contributed by atoms with E-state index in [0.29, 0.717) is 34.8 Å². The first kappa shape index (κ1) is 16.9. The smallest absolute Gasteiger partial charge is 0.345 e. The normalized spacial score (nSPS) is 18.3. The second-order valence-corrected chi connectivity index (χ2v) is 7.00. The quantitative estimate of drug-likeness (QED) is 0.684. The SMILES string of the molecule is COc1c2c(cc3c1[C@H](c1c(O)c4ccccc4oc1=O)N(C)CC3)OCO2. The van der Waals surface area contributed by atoms with Crippen LogP contribution in [0, 0.1) is 0 Å². The van der Waals surface area contributed by atoms with Crippen LogP contribution in [0.4, 0.5) is 0 Å². The lowest BCUT2D eigenvalue weighted by Gasteiger charge is -2.35. The number of para-hydroxylation sites is 1. The summed E-state index contributed by atoms with van der Waals surface area (Å²) in [4.78, 5) is 14.9. The minimum Gasteiger partial charge on any atom is -0.507 e. The lowest BCUT2D eigenvalue weighted by molar-refractivity contribution is 0.170. The van der Waals surface area contributed by atoms with Crippen molar-refractivity contribution >= 4 is 11.0 Å². The van der Waals surface area contributed by atoms with E-state index >= 15 is 0 Å². The van der Waals surface area contributed by atoms with Gasteiger partial charge in [-0.25, -0.2) is 4.79 Å². The molecule has 28 heavy (non-hydrogen) atoms. The largest absolute Gasteiger partial charge is 0.507 e. The molecule has 7 heteroatoms. The molecule has 1 atom stereocenters. The van der Waals surface area contributed by atoms with Crippen LogP contribution in [0.15, 0.2) is 39.5 Å². The molecule has 0 saturated carbocycles. The first-order valence-electron chi connectivity index (χ1n) is 9.04. The van der Waals surface area contributed by atoms with Crippen molar-refractivity contribution in [3.05, 3.63) is 57.4 Å². The van der Waals surface area contributed by atoms with Gasteiger partial charge < -0.3 is 23.7 Å². The maximum atomic E-state index is 12.9. The number of aromatic hydroxyl groups is 1. The lowest BCUT2D eigenvalue weighted by atomic mass is 9.87. The van der Waals surface area contributed by atoms with Crippen LogP contribution in [0.2, 0.25) is 0 Å². The van der Waals surface area contributed by atoms with Crippen molar-refractivity contribution in [3.8, 4) is 23.0 Å². The van der Waals surface area contributed by atoms with Crippen LogP contribution in [-0.2, 0) is 6.42 Å². The predicted molar refractivity (Wildman–Crippen MR) is 101 cm³/mol. The summed E-state index contributed by atoms with van der Waals surface area (Å²) in [5, 5.41) is 11.5. The third kappa shape index (κ3) is 2.29. The van der Waals surface area contributed by atoms with Gasteiger partial charge in [-0.3, -0.25) is 4.90 Å². The predicted octanol–water partition coefficient (Wildman–Crippen LogP) is 2.81. The molecule has 0 bridgehead atoms. The zero-order valence-electron chi connectivity index (χ0n) is 15.5. The van der Waals surface area contributed by atoms with Gasteiger partial charge in [0.1, 0.15) is 16.9 Å². The monoisotopic (exact) mass is 381 g/mol. The third-order valence-corrected chi connectivity index (χ3v) is 5.49. The number of rotatable bonds is 2. The highest BCUT2D eigenvalue weighted by Crippen LogP contribution is 2.51. The molecule has 0 amide bonds. The molecule has 5 rings (SSSR count). The highest BCUT2D eigenvalue weighted by atomic mass is 16.7. The Hall–Kier alpha value is -3.19. The zero-order valence-corrected chi connectivity index (χ0v) is 15.5. The number of methoxy groups -OCH3 is 1. The molecule has 0 saturated heterocycles. The van der Waals surface area contributed by atoms with E-state index in [9.17, 15) is 9.90 Å².